The maximum atomic E-state index is 11.9. The highest BCUT2D eigenvalue weighted by Gasteiger charge is 2.10. The van der Waals surface area contributed by atoms with Gasteiger partial charge in [0.15, 0.2) is 6.61 Å². The second-order valence-electron chi connectivity index (χ2n) is 5.16. The van der Waals surface area contributed by atoms with Gasteiger partial charge in [-0.25, -0.2) is 5.43 Å². The van der Waals surface area contributed by atoms with Crippen molar-refractivity contribution in [3.63, 3.8) is 0 Å². The minimum atomic E-state index is -0.390. The first-order valence-corrected chi connectivity index (χ1v) is 8.75. The molecule has 1 N–H and O–H groups in total. The van der Waals surface area contributed by atoms with Crippen molar-refractivity contribution in [1.29, 1.82) is 0 Å². The molecule has 1 amide bonds. The fourth-order valence-electron chi connectivity index (χ4n) is 2.07. The third-order valence-corrected chi connectivity index (χ3v) is 4.25. The predicted molar refractivity (Wildman–Crippen MR) is 105 cm³/mol. The standard InChI is InChI=1S/C18H18BrClN2O4/c1-11(14-6-5-13(24-2)9-17(14)25-3)21-22-18(23)10-26-16-7-4-12(20)8-15(16)19/h4-9H,10H2,1-3H3,(H,22,23)/b21-11+. The average Bonchev–Trinajstić information content (AvgIpc) is 2.64. The van der Waals surface area contributed by atoms with E-state index in [4.69, 9.17) is 25.8 Å². The van der Waals surface area contributed by atoms with Crippen molar-refractivity contribution in [2.24, 2.45) is 5.10 Å². The van der Waals surface area contributed by atoms with E-state index in [1.807, 2.05) is 6.07 Å². The molecule has 0 aliphatic heterocycles. The maximum Gasteiger partial charge on any atom is 0.277 e. The summed E-state index contributed by atoms with van der Waals surface area (Å²) in [5.74, 6) is 1.39. The van der Waals surface area contributed by atoms with Crippen molar-refractivity contribution in [3.05, 3.63) is 51.5 Å². The maximum absolute atomic E-state index is 11.9. The molecule has 0 spiro atoms. The number of carbonyl (C=O) groups is 1. The van der Waals surface area contributed by atoms with E-state index in [1.54, 1.807) is 51.5 Å². The van der Waals surface area contributed by atoms with E-state index in [-0.39, 0.29) is 6.61 Å². The van der Waals surface area contributed by atoms with Crippen LogP contribution in [0.15, 0.2) is 46.0 Å². The first-order chi connectivity index (χ1) is 12.4. The van der Waals surface area contributed by atoms with Gasteiger partial charge in [0, 0.05) is 16.7 Å². The quantitative estimate of drug-likeness (QED) is 0.520. The largest absolute Gasteiger partial charge is 0.497 e. The van der Waals surface area contributed by atoms with Gasteiger partial charge in [0.05, 0.1) is 24.4 Å². The minimum Gasteiger partial charge on any atom is -0.497 e. The molecule has 138 valence electrons. The molecule has 6 nitrogen and oxygen atoms in total. The van der Waals surface area contributed by atoms with Crippen LogP contribution in [0.3, 0.4) is 0 Å². The molecule has 2 rings (SSSR count). The lowest BCUT2D eigenvalue weighted by atomic mass is 10.1. The van der Waals surface area contributed by atoms with Crippen molar-refractivity contribution in [3.8, 4) is 17.2 Å². The lowest BCUT2D eigenvalue weighted by Crippen LogP contribution is -2.25. The zero-order chi connectivity index (χ0) is 19.1. The van der Waals surface area contributed by atoms with Crippen LogP contribution < -0.4 is 19.6 Å². The molecule has 2 aromatic carbocycles. The van der Waals surface area contributed by atoms with Crippen molar-refractivity contribution < 1.29 is 19.0 Å². The van der Waals surface area contributed by atoms with Gasteiger partial charge in [0.2, 0.25) is 0 Å². The number of benzene rings is 2. The number of hydrogen-bond acceptors (Lipinski definition) is 5. The highest BCUT2D eigenvalue weighted by atomic mass is 79.9. The van der Waals surface area contributed by atoms with Gasteiger partial charge >= 0.3 is 0 Å². The van der Waals surface area contributed by atoms with E-state index < -0.39 is 5.91 Å². The molecule has 26 heavy (non-hydrogen) atoms. The average molecular weight is 442 g/mol. The number of amides is 1. The Bertz CT molecular complexity index is 827. The fraction of sp³-hybridized carbons (Fsp3) is 0.222. The molecule has 0 aromatic heterocycles. The Labute approximate surface area is 165 Å². The van der Waals surface area contributed by atoms with Crippen LogP contribution in [0.5, 0.6) is 17.2 Å². The van der Waals surface area contributed by atoms with Crippen LogP contribution >= 0.6 is 27.5 Å². The normalized spacial score (nSPS) is 11.0. The Morgan fingerprint density at radius 3 is 2.58 bits per heavy atom. The van der Waals surface area contributed by atoms with E-state index in [1.165, 1.54) is 0 Å². The zero-order valence-corrected chi connectivity index (χ0v) is 16.8. The molecular weight excluding hydrogens is 424 g/mol. The first-order valence-electron chi connectivity index (χ1n) is 7.58. The van der Waals surface area contributed by atoms with Crippen LogP contribution in [0.1, 0.15) is 12.5 Å². The summed E-state index contributed by atoms with van der Waals surface area (Å²) in [4.78, 5) is 11.9. The first kappa shape index (κ1) is 20.1. The molecule has 0 radical (unpaired) electrons. The topological polar surface area (TPSA) is 69.2 Å². The molecule has 0 fully saturated rings. The summed E-state index contributed by atoms with van der Waals surface area (Å²) in [5, 5.41) is 4.66. The molecule has 0 heterocycles. The van der Waals surface area contributed by atoms with Gasteiger partial charge in [-0.1, -0.05) is 11.6 Å². The van der Waals surface area contributed by atoms with Gasteiger partial charge in [-0.05, 0) is 53.2 Å². The fourth-order valence-corrected chi connectivity index (χ4v) is 2.87. The smallest absolute Gasteiger partial charge is 0.277 e. The minimum absolute atomic E-state index is 0.184. The van der Waals surface area contributed by atoms with Gasteiger partial charge in [-0.2, -0.15) is 5.10 Å². The number of nitrogens with one attached hydrogen (secondary N) is 1. The van der Waals surface area contributed by atoms with E-state index in [2.05, 4.69) is 26.5 Å². The van der Waals surface area contributed by atoms with Crippen molar-refractivity contribution in [2.45, 2.75) is 6.92 Å². The van der Waals surface area contributed by atoms with Crippen molar-refractivity contribution >= 4 is 39.1 Å². The Balaban J connectivity index is 1.98. The SMILES string of the molecule is COc1ccc(/C(C)=N/NC(=O)COc2ccc(Cl)cc2Br)c(OC)c1. The lowest BCUT2D eigenvalue weighted by molar-refractivity contribution is -0.123. The Hall–Kier alpha value is -2.25. The van der Waals surface area contributed by atoms with Crippen molar-refractivity contribution in [2.75, 3.05) is 20.8 Å². The number of nitrogens with zero attached hydrogens (tertiary/aromatic N) is 1. The monoisotopic (exact) mass is 440 g/mol. The lowest BCUT2D eigenvalue weighted by Gasteiger charge is -2.10. The highest BCUT2D eigenvalue weighted by molar-refractivity contribution is 9.10. The third kappa shape index (κ3) is 5.37. The summed E-state index contributed by atoms with van der Waals surface area (Å²) >= 11 is 9.19. The summed E-state index contributed by atoms with van der Waals surface area (Å²) in [6.07, 6.45) is 0. The molecule has 0 aliphatic carbocycles. The number of rotatable bonds is 7. The van der Waals surface area contributed by atoms with Crippen LogP contribution in [0.25, 0.3) is 0 Å². The number of ether oxygens (including phenoxy) is 3. The van der Waals surface area contributed by atoms with Crippen LogP contribution in [-0.4, -0.2) is 32.4 Å². The number of carbonyl (C=O) groups excluding carboxylic acids is 1. The van der Waals surface area contributed by atoms with Gasteiger partial charge in [0.1, 0.15) is 17.2 Å². The van der Waals surface area contributed by atoms with E-state index in [0.29, 0.717) is 32.5 Å². The molecule has 0 bridgehead atoms. The highest BCUT2D eigenvalue weighted by Crippen LogP contribution is 2.28. The molecule has 2 aromatic rings. The summed E-state index contributed by atoms with van der Waals surface area (Å²) < 4.78 is 16.6. The molecule has 0 saturated heterocycles. The molecule has 0 unspecified atom stereocenters. The number of hydrogen-bond donors (Lipinski definition) is 1. The summed E-state index contributed by atoms with van der Waals surface area (Å²) in [6, 6.07) is 10.4. The number of methoxy groups -OCH3 is 2. The van der Waals surface area contributed by atoms with E-state index in [0.717, 1.165) is 5.56 Å². The van der Waals surface area contributed by atoms with Gasteiger partial charge in [0.25, 0.3) is 5.91 Å². The molecule has 0 aliphatic rings. The molecule has 0 atom stereocenters. The van der Waals surface area contributed by atoms with E-state index >= 15 is 0 Å². The second-order valence-corrected chi connectivity index (χ2v) is 6.45. The predicted octanol–water partition coefficient (Wildman–Crippen LogP) is 4.04. The number of halogens is 2. The summed E-state index contributed by atoms with van der Waals surface area (Å²) in [7, 11) is 3.14. The Morgan fingerprint density at radius 2 is 1.92 bits per heavy atom. The summed E-state index contributed by atoms with van der Waals surface area (Å²) in [6.45, 7) is 1.58. The third-order valence-electron chi connectivity index (χ3n) is 3.40. The van der Waals surface area contributed by atoms with Gasteiger partial charge in [-0.3, -0.25) is 4.79 Å². The number of hydrazone groups is 1. The molecular formula is C18H18BrClN2O4. The van der Waals surface area contributed by atoms with E-state index in [9.17, 15) is 4.79 Å². The van der Waals surface area contributed by atoms with Gasteiger partial charge < -0.3 is 14.2 Å². The Kier molecular flexibility index (Phi) is 7.29. The van der Waals surface area contributed by atoms with Crippen LogP contribution in [0.4, 0.5) is 0 Å². The molecule has 8 heteroatoms. The zero-order valence-electron chi connectivity index (χ0n) is 14.5. The summed E-state index contributed by atoms with van der Waals surface area (Å²) in [5.41, 5.74) is 3.79. The van der Waals surface area contributed by atoms with Crippen LogP contribution in [0, 0.1) is 0 Å². The van der Waals surface area contributed by atoms with Crippen LogP contribution in [0.2, 0.25) is 5.02 Å². The Morgan fingerprint density at radius 1 is 1.15 bits per heavy atom. The molecule has 0 saturated carbocycles. The van der Waals surface area contributed by atoms with Gasteiger partial charge in [-0.15, -0.1) is 0 Å². The second kappa shape index (κ2) is 9.45. The van der Waals surface area contributed by atoms with Crippen molar-refractivity contribution in [1.82, 2.24) is 5.43 Å². The van der Waals surface area contributed by atoms with Crippen LogP contribution in [-0.2, 0) is 4.79 Å².